The van der Waals surface area contributed by atoms with E-state index < -0.39 is 5.97 Å². The molecule has 19 heavy (non-hydrogen) atoms. The molecule has 2 N–H and O–H groups in total. The third-order valence-electron chi connectivity index (χ3n) is 2.89. The molecule has 0 aliphatic heterocycles. The molecule has 0 amide bonds. The Morgan fingerprint density at radius 1 is 1.11 bits per heavy atom. The highest BCUT2D eigenvalue weighted by Crippen LogP contribution is 2.29. The van der Waals surface area contributed by atoms with Gasteiger partial charge in [-0.2, -0.15) is 0 Å². The summed E-state index contributed by atoms with van der Waals surface area (Å²) in [6.45, 7) is 1.91. The molecular formula is C15H14O4. The van der Waals surface area contributed by atoms with E-state index in [2.05, 4.69) is 0 Å². The number of carbonyl (C=O) groups is 1. The van der Waals surface area contributed by atoms with Crippen LogP contribution in [0.3, 0.4) is 0 Å². The van der Waals surface area contributed by atoms with Crippen LogP contribution < -0.4 is 4.74 Å². The van der Waals surface area contributed by atoms with E-state index in [-0.39, 0.29) is 11.3 Å². The zero-order valence-electron chi connectivity index (χ0n) is 10.7. The first-order valence-corrected chi connectivity index (χ1v) is 5.73. The first-order valence-electron chi connectivity index (χ1n) is 5.73. The zero-order valence-corrected chi connectivity index (χ0v) is 10.7. The summed E-state index contributed by atoms with van der Waals surface area (Å²) in [6, 6.07) is 9.82. The predicted molar refractivity (Wildman–Crippen MR) is 71.8 cm³/mol. The number of aromatic hydroxyl groups is 1. The average Bonchev–Trinajstić information content (AvgIpc) is 2.37. The maximum atomic E-state index is 11.0. The van der Waals surface area contributed by atoms with Crippen LogP contribution in [0.5, 0.6) is 11.5 Å². The van der Waals surface area contributed by atoms with E-state index in [0.29, 0.717) is 5.56 Å². The van der Waals surface area contributed by atoms with Gasteiger partial charge in [0.2, 0.25) is 0 Å². The first kappa shape index (κ1) is 13.0. The molecule has 98 valence electrons. The minimum absolute atomic E-state index is 0.0588. The number of aromatic carboxylic acids is 1. The van der Waals surface area contributed by atoms with Gasteiger partial charge in [-0.25, -0.2) is 4.79 Å². The molecule has 0 aliphatic carbocycles. The predicted octanol–water partition coefficient (Wildman–Crippen LogP) is 3.07. The van der Waals surface area contributed by atoms with Gasteiger partial charge in [0.05, 0.1) is 12.7 Å². The highest BCUT2D eigenvalue weighted by Gasteiger charge is 2.09. The minimum atomic E-state index is -1.07. The molecule has 0 saturated carbocycles. The minimum Gasteiger partial charge on any atom is -0.508 e. The normalized spacial score (nSPS) is 10.2. The van der Waals surface area contributed by atoms with Crippen molar-refractivity contribution < 1.29 is 19.7 Å². The summed E-state index contributed by atoms with van der Waals surface area (Å²) >= 11 is 0. The Morgan fingerprint density at radius 2 is 1.84 bits per heavy atom. The van der Waals surface area contributed by atoms with E-state index in [0.717, 1.165) is 16.9 Å². The number of benzene rings is 2. The molecule has 2 aromatic rings. The molecule has 0 spiro atoms. The first-order chi connectivity index (χ1) is 9.01. The Bertz CT molecular complexity index is 632. The van der Waals surface area contributed by atoms with Crippen LogP contribution in [-0.4, -0.2) is 23.3 Å². The maximum absolute atomic E-state index is 11.0. The summed E-state index contributed by atoms with van der Waals surface area (Å²) in [7, 11) is 1.60. The van der Waals surface area contributed by atoms with Gasteiger partial charge in [-0.1, -0.05) is 6.07 Å². The maximum Gasteiger partial charge on any atom is 0.335 e. The van der Waals surface area contributed by atoms with E-state index in [1.165, 1.54) is 18.2 Å². The molecule has 2 aromatic carbocycles. The summed E-state index contributed by atoms with van der Waals surface area (Å²) in [4.78, 5) is 11.0. The number of phenols is 1. The lowest BCUT2D eigenvalue weighted by Crippen LogP contribution is -1.96. The summed E-state index contributed by atoms with van der Waals surface area (Å²) in [5, 5.41) is 18.6. The van der Waals surface area contributed by atoms with Crippen molar-refractivity contribution >= 4 is 5.97 Å². The van der Waals surface area contributed by atoms with Crippen LogP contribution in [0.25, 0.3) is 11.1 Å². The number of rotatable bonds is 3. The molecule has 0 radical (unpaired) electrons. The highest BCUT2D eigenvalue weighted by atomic mass is 16.5. The molecule has 0 aromatic heterocycles. The van der Waals surface area contributed by atoms with Gasteiger partial charge in [0.25, 0.3) is 0 Å². The van der Waals surface area contributed by atoms with Crippen LogP contribution in [0.1, 0.15) is 15.9 Å². The van der Waals surface area contributed by atoms with Gasteiger partial charge < -0.3 is 14.9 Å². The number of methoxy groups -OCH3 is 1. The fourth-order valence-corrected chi connectivity index (χ4v) is 1.96. The Hall–Kier alpha value is -2.49. The SMILES string of the molecule is COc1ccc(-c2cc(O)cc(C(=O)O)c2)cc1C. The fourth-order valence-electron chi connectivity index (χ4n) is 1.96. The van der Waals surface area contributed by atoms with Crippen molar-refractivity contribution in [2.75, 3.05) is 7.11 Å². The van der Waals surface area contributed by atoms with Crippen LogP contribution in [-0.2, 0) is 0 Å². The Kier molecular flexibility index (Phi) is 3.42. The Balaban J connectivity index is 2.52. The van der Waals surface area contributed by atoms with Crippen molar-refractivity contribution in [2.45, 2.75) is 6.92 Å². The largest absolute Gasteiger partial charge is 0.508 e. The van der Waals surface area contributed by atoms with Gasteiger partial charge in [-0.05, 0) is 53.9 Å². The molecule has 4 heteroatoms. The molecule has 0 aliphatic rings. The van der Waals surface area contributed by atoms with Crippen LogP contribution in [0.15, 0.2) is 36.4 Å². The van der Waals surface area contributed by atoms with E-state index in [9.17, 15) is 9.90 Å². The summed E-state index contributed by atoms with van der Waals surface area (Å²) in [5.41, 5.74) is 2.49. The van der Waals surface area contributed by atoms with Crippen molar-refractivity contribution in [1.82, 2.24) is 0 Å². The number of aryl methyl sites for hydroxylation is 1. The second-order valence-corrected chi connectivity index (χ2v) is 4.26. The van der Waals surface area contributed by atoms with Gasteiger partial charge in [0.1, 0.15) is 11.5 Å². The number of hydrogen-bond acceptors (Lipinski definition) is 3. The van der Waals surface area contributed by atoms with E-state index in [1.54, 1.807) is 7.11 Å². The molecular weight excluding hydrogens is 244 g/mol. The van der Waals surface area contributed by atoms with Crippen molar-refractivity contribution in [1.29, 1.82) is 0 Å². The molecule has 0 unspecified atom stereocenters. The lowest BCUT2D eigenvalue weighted by atomic mass is 10.0. The Labute approximate surface area is 110 Å². The average molecular weight is 258 g/mol. The molecule has 0 fully saturated rings. The fraction of sp³-hybridized carbons (Fsp3) is 0.133. The molecule has 2 rings (SSSR count). The lowest BCUT2D eigenvalue weighted by Gasteiger charge is -2.09. The second-order valence-electron chi connectivity index (χ2n) is 4.26. The standard InChI is InChI=1S/C15H14O4/c1-9-5-10(3-4-14(9)19-2)11-6-12(15(17)18)8-13(16)7-11/h3-8,16H,1-2H3,(H,17,18). The molecule has 4 nitrogen and oxygen atoms in total. The molecule has 0 bridgehead atoms. The van der Waals surface area contributed by atoms with Gasteiger partial charge in [0, 0.05) is 0 Å². The van der Waals surface area contributed by atoms with Gasteiger partial charge in [-0.15, -0.1) is 0 Å². The van der Waals surface area contributed by atoms with Crippen molar-refractivity contribution in [3.05, 3.63) is 47.5 Å². The van der Waals surface area contributed by atoms with Gasteiger partial charge in [-0.3, -0.25) is 0 Å². The molecule has 0 heterocycles. The van der Waals surface area contributed by atoms with Crippen LogP contribution in [0.2, 0.25) is 0 Å². The highest BCUT2D eigenvalue weighted by molar-refractivity contribution is 5.90. The quantitative estimate of drug-likeness (QED) is 0.887. The smallest absolute Gasteiger partial charge is 0.335 e. The van der Waals surface area contributed by atoms with Gasteiger partial charge >= 0.3 is 5.97 Å². The van der Waals surface area contributed by atoms with Crippen LogP contribution in [0, 0.1) is 6.92 Å². The summed E-state index contributed by atoms with van der Waals surface area (Å²) < 4.78 is 5.18. The number of phenolic OH excluding ortho intramolecular Hbond substituents is 1. The monoisotopic (exact) mass is 258 g/mol. The van der Waals surface area contributed by atoms with Crippen molar-refractivity contribution in [2.24, 2.45) is 0 Å². The number of ether oxygens (including phenoxy) is 1. The molecule has 0 saturated heterocycles. The number of carboxylic acid groups (broad SMARTS) is 1. The van der Waals surface area contributed by atoms with Crippen molar-refractivity contribution in [3.8, 4) is 22.6 Å². The number of carboxylic acids is 1. The topological polar surface area (TPSA) is 66.8 Å². The molecule has 0 atom stereocenters. The Morgan fingerprint density at radius 3 is 2.42 bits per heavy atom. The van der Waals surface area contributed by atoms with Crippen LogP contribution >= 0.6 is 0 Å². The summed E-state index contributed by atoms with van der Waals surface area (Å²) in [6.07, 6.45) is 0. The van der Waals surface area contributed by atoms with E-state index >= 15 is 0 Å². The third kappa shape index (κ3) is 2.68. The third-order valence-corrected chi connectivity index (χ3v) is 2.89. The summed E-state index contributed by atoms with van der Waals surface area (Å²) in [5.74, 6) is -0.367. The van der Waals surface area contributed by atoms with Crippen LogP contribution in [0.4, 0.5) is 0 Å². The van der Waals surface area contributed by atoms with E-state index in [1.807, 2.05) is 25.1 Å². The second kappa shape index (κ2) is 5.02. The lowest BCUT2D eigenvalue weighted by molar-refractivity contribution is 0.0696. The van der Waals surface area contributed by atoms with Gasteiger partial charge in [0.15, 0.2) is 0 Å². The van der Waals surface area contributed by atoms with Crippen molar-refractivity contribution in [3.63, 3.8) is 0 Å². The zero-order chi connectivity index (χ0) is 14.0. The number of hydrogen-bond donors (Lipinski definition) is 2. The van der Waals surface area contributed by atoms with E-state index in [4.69, 9.17) is 9.84 Å².